The zero-order chi connectivity index (χ0) is 18.9. The molecule has 0 spiro atoms. The summed E-state index contributed by atoms with van der Waals surface area (Å²) in [5, 5.41) is 2.63. The Kier molecular flexibility index (Phi) is 8.21. The summed E-state index contributed by atoms with van der Waals surface area (Å²) in [5.41, 5.74) is 2.54. The first-order chi connectivity index (χ1) is 11.7. The Morgan fingerprint density at radius 2 is 1.72 bits per heavy atom. The van der Waals surface area contributed by atoms with E-state index in [0.29, 0.717) is 0 Å². The summed E-state index contributed by atoms with van der Waals surface area (Å²) in [7, 11) is 0. The molecule has 0 fully saturated rings. The lowest BCUT2D eigenvalue weighted by atomic mass is 10.1. The molecule has 0 aromatic heterocycles. The minimum atomic E-state index is -0.676. The lowest BCUT2D eigenvalue weighted by Crippen LogP contribution is -2.42. The highest BCUT2D eigenvalue weighted by Gasteiger charge is 2.20. The summed E-state index contributed by atoms with van der Waals surface area (Å²) in [5.74, 6) is 0.0596. The maximum Gasteiger partial charge on any atom is 0.431 e. The molecule has 1 atom stereocenters. The monoisotopic (exact) mass is 352 g/mol. The molecule has 0 aliphatic heterocycles. The van der Waals surface area contributed by atoms with Crippen molar-refractivity contribution in [1.29, 1.82) is 0 Å². The van der Waals surface area contributed by atoms with Gasteiger partial charge in [-0.05, 0) is 32.3 Å². The van der Waals surface area contributed by atoms with E-state index in [1.165, 1.54) is 0 Å². The minimum absolute atomic E-state index is 0.0596. The Bertz CT molecular complexity index is 540. The van der Waals surface area contributed by atoms with Crippen LogP contribution in [0.25, 0.3) is 0 Å². The van der Waals surface area contributed by atoms with Gasteiger partial charge in [0.05, 0.1) is 0 Å². The van der Waals surface area contributed by atoms with Crippen LogP contribution in [0.2, 0.25) is 0 Å². The zero-order valence-electron chi connectivity index (χ0n) is 15.5. The third kappa shape index (κ3) is 9.56. The van der Waals surface area contributed by atoms with Crippen LogP contribution in [-0.2, 0) is 20.9 Å². The number of amides is 2. The third-order valence-corrected chi connectivity index (χ3v) is 3.10. The quantitative estimate of drug-likeness (QED) is 0.735. The predicted octanol–water partition coefficient (Wildman–Crippen LogP) is 3.39. The lowest BCUT2D eigenvalue weighted by Gasteiger charge is -2.23. The van der Waals surface area contributed by atoms with Gasteiger partial charge in [-0.15, -0.1) is 0 Å². The second-order valence-corrected chi connectivity index (χ2v) is 6.95. The molecule has 7 heteroatoms. The molecule has 140 valence electrons. The van der Waals surface area contributed by atoms with E-state index < -0.39 is 23.9 Å². The highest BCUT2D eigenvalue weighted by atomic mass is 16.7. The standard InChI is InChI=1S/C18H28N2O5/c1-13(2)15(25-20-17(22)24-18(3,4)5)11-19-16(21)23-12-14-9-7-6-8-10-14/h6-10,13,15H,11-12H2,1-5H3,(H,19,21)(H,20,22). The van der Waals surface area contributed by atoms with Crippen LogP contribution < -0.4 is 10.8 Å². The van der Waals surface area contributed by atoms with Crippen LogP contribution in [0.1, 0.15) is 40.2 Å². The number of ether oxygens (including phenoxy) is 2. The van der Waals surface area contributed by atoms with Crippen LogP contribution >= 0.6 is 0 Å². The van der Waals surface area contributed by atoms with Gasteiger partial charge in [0.1, 0.15) is 18.3 Å². The Labute approximate surface area is 149 Å². The maximum absolute atomic E-state index is 11.8. The van der Waals surface area contributed by atoms with Gasteiger partial charge < -0.3 is 14.8 Å². The first-order valence-corrected chi connectivity index (χ1v) is 8.26. The molecule has 0 saturated heterocycles. The number of hydrogen-bond acceptors (Lipinski definition) is 5. The van der Waals surface area contributed by atoms with Crippen LogP contribution in [0.4, 0.5) is 9.59 Å². The van der Waals surface area contributed by atoms with Crippen molar-refractivity contribution in [2.24, 2.45) is 5.92 Å². The average molecular weight is 352 g/mol. The highest BCUT2D eigenvalue weighted by Crippen LogP contribution is 2.08. The minimum Gasteiger partial charge on any atom is -0.445 e. The summed E-state index contributed by atoms with van der Waals surface area (Å²) < 4.78 is 10.2. The van der Waals surface area contributed by atoms with E-state index in [1.807, 2.05) is 44.2 Å². The second-order valence-electron chi connectivity index (χ2n) is 6.95. The number of carbonyl (C=O) groups excluding carboxylic acids is 2. The fourth-order valence-electron chi connectivity index (χ4n) is 1.79. The molecule has 2 amide bonds. The molecule has 0 heterocycles. The van der Waals surface area contributed by atoms with E-state index in [2.05, 4.69) is 10.8 Å². The van der Waals surface area contributed by atoms with Crippen molar-refractivity contribution in [3.63, 3.8) is 0 Å². The van der Waals surface area contributed by atoms with Gasteiger partial charge in [-0.3, -0.25) is 4.84 Å². The molecule has 0 aliphatic carbocycles. The van der Waals surface area contributed by atoms with Crippen LogP contribution in [0, 0.1) is 5.92 Å². The maximum atomic E-state index is 11.8. The smallest absolute Gasteiger partial charge is 0.431 e. The van der Waals surface area contributed by atoms with Crippen molar-refractivity contribution < 1.29 is 23.9 Å². The van der Waals surface area contributed by atoms with Gasteiger partial charge in [-0.1, -0.05) is 44.2 Å². The molecule has 1 aromatic carbocycles. The van der Waals surface area contributed by atoms with Crippen molar-refractivity contribution in [3.8, 4) is 0 Å². The van der Waals surface area contributed by atoms with Crippen molar-refractivity contribution in [2.75, 3.05) is 6.54 Å². The molecule has 0 radical (unpaired) electrons. The summed E-state index contributed by atoms with van der Waals surface area (Å²) in [4.78, 5) is 28.7. The number of benzene rings is 1. The molecule has 0 bridgehead atoms. The Balaban J connectivity index is 2.34. The van der Waals surface area contributed by atoms with Gasteiger partial charge in [0.25, 0.3) is 0 Å². The predicted molar refractivity (Wildman–Crippen MR) is 93.7 cm³/mol. The van der Waals surface area contributed by atoms with Crippen molar-refractivity contribution in [1.82, 2.24) is 10.8 Å². The van der Waals surface area contributed by atoms with E-state index in [9.17, 15) is 9.59 Å². The molecular formula is C18H28N2O5. The molecule has 1 aromatic rings. The zero-order valence-corrected chi connectivity index (χ0v) is 15.5. The second kappa shape index (κ2) is 9.88. The van der Waals surface area contributed by atoms with Crippen molar-refractivity contribution in [2.45, 2.75) is 52.9 Å². The van der Waals surface area contributed by atoms with E-state index in [-0.39, 0.29) is 19.1 Å². The number of hydrogen-bond donors (Lipinski definition) is 2. The number of alkyl carbamates (subject to hydrolysis) is 1. The van der Waals surface area contributed by atoms with Gasteiger partial charge in [-0.25, -0.2) is 9.59 Å². The third-order valence-electron chi connectivity index (χ3n) is 3.10. The van der Waals surface area contributed by atoms with Gasteiger partial charge in [0.15, 0.2) is 0 Å². The Hall–Kier alpha value is -2.28. The fraction of sp³-hybridized carbons (Fsp3) is 0.556. The average Bonchev–Trinajstić information content (AvgIpc) is 2.51. The van der Waals surface area contributed by atoms with Crippen LogP contribution in [-0.4, -0.2) is 30.4 Å². The van der Waals surface area contributed by atoms with Crippen LogP contribution in [0.15, 0.2) is 30.3 Å². The highest BCUT2D eigenvalue weighted by molar-refractivity contribution is 5.67. The molecular weight excluding hydrogens is 324 g/mol. The molecule has 7 nitrogen and oxygen atoms in total. The van der Waals surface area contributed by atoms with Crippen molar-refractivity contribution >= 4 is 12.2 Å². The Morgan fingerprint density at radius 1 is 1.08 bits per heavy atom. The van der Waals surface area contributed by atoms with Gasteiger partial charge >= 0.3 is 12.2 Å². The molecule has 25 heavy (non-hydrogen) atoms. The topological polar surface area (TPSA) is 85.9 Å². The molecule has 2 N–H and O–H groups in total. The van der Waals surface area contributed by atoms with Crippen LogP contribution in [0.5, 0.6) is 0 Å². The first-order valence-electron chi connectivity index (χ1n) is 8.26. The summed E-state index contributed by atoms with van der Waals surface area (Å²) in [6, 6.07) is 9.39. The van der Waals surface area contributed by atoms with E-state index in [4.69, 9.17) is 14.3 Å². The first kappa shape index (κ1) is 20.8. The van der Waals surface area contributed by atoms with Crippen LogP contribution in [0.3, 0.4) is 0 Å². The Morgan fingerprint density at radius 3 is 2.28 bits per heavy atom. The SMILES string of the molecule is CC(C)C(CNC(=O)OCc1ccccc1)ONC(=O)OC(C)(C)C. The number of nitrogens with one attached hydrogen (secondary N) is 2. The largest absolute Gasteiger partial charge is 0.445 e. The fourth-order valence-corrected chi connectivity index (χ4v) is 1.79. The number of hydroxylamine groups is 1. The summed E-state index contributed by atoms with van der Waals surface area (Å²) in [6.45, 7) is 9.50. The summed E-state index contributed by atoms with van der Waals surface area (Å²) in [6.07, 6.45) is -1.64. The van der Waals surface area contributed by atoms with E-state index >= 15 is 0 Å². The molecule has 0 saturated carbocycles. The van der Waals surface area contributed by atoms with Gasteiger partial charge in [0.2, 0.25) is 0 Å². The lowest BCUT2D eigenvalue weighted by molar-refractivity contribution is -0.0565. The normalized spacial score (nSPS) is 12.4. The van der Waals surface area contributed by atoms with Gasteiger partial charge in [0, 0.05) is 6.54 Å². The molecule has 1 rings (SSSR count). The summed E-state index contributed by atoms with van der Waals surface area (Å²) >= 11 is 0. The molecule has 1 unspecified atom stereocenters. The van der Waals surface area contributed by atoms with Gasteiger partial charge in [-0.2, -0.15) is 5.48 Å². The van der Waals surface area contributed by atoms with Crippen molar-refractivity contribution in [3.05, 3.63) is 35.9 Å². The number of rotatable bonds is 7. The van der Waals surface area contributed by atoms with E-state index in [0.717, 1.165) is 5.56 Å². The van der Waals surface area contributed by atoms with E-state index in [1.54, 1.807) is 20.8 Å². The molecule has 0 aliphatic rings. The number of carbonyl (C=O) groups is 2.